The number of carbonyl (C=O) groups is 7. The summed E-state index contributed by atoms with van der Waals surface area (Å²) < 4.78 is 8.20. The van der Waals surface area contributed by atoms with Crippen LogP contribution in [0.25, 0.3) is 0 Å². The molecule has 32 heavy (non-hydrogen) atoms. The summed E-state index contributed by atoms with van der Waals surface area (Å²) in [7, 11) is 9.96. The second kappa shape index (κ2) is 29.8. The molecule has 0 bridgehead atoms. The number of carbonyl (C=O) groups excluding carboxylic acids is 7. The average Bonchev–Trinajstić information content (AvgIpc) is 2.82. The lowest BCUT2D eigenvalue weighted by atomic mass is 10.4. The number of ketones is 1. The number of esters is 1. The minimum atomic E-state index is -0.868. The minimum absolute atomic E-state index is 0.00463. The number of nitrogens with one attached hydrogen (secondary N) is 5. The van der Waals surface area contributed by atoms with Gasteiger partial charge in [0.2, 0.25) is 11.7 Å². The SMILES string of the molecule is CNC(=O)C(=O)OC.CNC(=O)C(C)=O.CNC(=O)OC.CNC(=O)SC.CNC(C)=O. The van der Waals surface area contributed by atoms with E-state index in [2.05, 4.69) is 36.1 Å². The topological polar surface area (TPSA) is 198 Å². The van der Waals surface area contributed by atoms with Crippen LogP contribution in [-0.2, 0) is 33.4 Å². The molecule has 5 N–H and O–H groups in total. The van der Waals surface area contributed by atoms with Gasteiger partial charge >= 0.3 is 18.0 Å². The standard InChI is InChI=1S/C4H7NO3.C4H7NO2.C3H7NO2.C3H7NOS.C3H7NO/c1-5-3(6)4(7)8-2;1-3(6)4(7)5-2;2*1-4-3(5)6-2;1-3(5)4-2/h1-2H3,(H,5,6);1-2H3,(H,5,7);2*1-2H3,(H,4,5);1-2H3,(H,4,5). The van der Waals surface area contributed by atoms with Crippen molar-refractivity contribution in [2.24, 2.45) is 0 Å². The molecule has 0 unspecified atom stereocenters. The number of ether oxygens (including phenoxy) is 2. The van der Waals surface area contributed by atoms with E-state index in [0.29, 0.717) is 0 Å². The summed E-state index contributed by atoms with van der Waals surface area (Å²) in [5, 5.41) is 11.4. The zero-order chi connectivity index (χ0) is 26.7. The summed E-state index contributed by atoms with van der Waals surface area (Å²) in [6, 6.07) is 0. The number of alkyl carbamates (subject to hydrolysis) is 1. The molecule has 188 valence electrons. The Kier molecular flexibility index (Phi) is 36.5. The first-order valence-corrected chi connectivity index (χ1v) is 9.74. The highest BCUT2D eigenvalue weighted by atomic mass is 32.2. The number of Topliss-reactive ketones (excluding diaryl/α,β-unsaturated/α-hetero) is 1. The van der Waals surface area contributed by atoms with Crippen molar-refractivity contribution in [2.45, 2.75) is 13.8 Å². The van der Waals surface area contributed by atoms with Gasteiger partial charge in [-0.15, -0.1) is 0 Å². The molecule has 0 heterocycles. The first-order chi connectivity index (χ1) is 14.8. The van der Waals surface area contributed by atoms with E-state index in [1.165, 1.54) is 53.9 Å². The quantitative estimate of drug-likeness (QED) is 0.218. The summed E-state index contributed by atoms with van der Waals surface area (Å²) in [5.41, 5.74) is 0. The maximum Gasteiger partial charge on any atom is 0.406 e. The fraction of sp³-hybridized carbons (Fsp3) is 0.588. The molecule has 0 saturated carbocycles. The monoisotopic (exact) mass is 485 g/mol. The second-order valence-corrected chi connectivity index (χ2v) is 5.27. The Morgan fingerprint density at radius 3 is 1.06 bits per heavy atom. The fourth-order valence-corrected chi connectivity index (χ4v) is 0.779. The molecule has 0 rings (SSSR count). The van der Waals surface area contributed by atoms with Gasteiger partial charge in [-0.3, -0.25) is 24.0 Å². The van der Waals surface area contributed by atoms with Gasteiger partial charge in [-0.05, 0) is 6.26 Å². The Balaban J connectivity index is -0.0000000958. The Bertz CT molecular complexity index is 545. The molecule has 0 radical (unpaired) electrons. The number of amides is 5. The van der Waals surface area contributed by atoms with Crippen LogP contribution in [0, 0.1) is 0 Å². The highest BCUT2D eigenvalue weighted by molar-refractivity contribution is 8.12. The predicted octanol–water partition coefficient (Wildman–Crippen LogP) is -1.36. The normalized spacial score (nSPS) is 7.44. The van der Waals surface area contributed by atoms with Gasteiger partial charge in [-0.2, -0.15) is 0 Å². The Morgan fingerprint density at radius 1 is 0.625 bits per heavy atom. The van der Waals surface area contributed by atoms with E-state index < -0.39 is 29.7 Å². The lowest BCUT2D eigenvalue weighted by Crippen LogP contribution is -2.28. The van der Waals surface area contributed by atoms with Crippen LogP contribution >= 0.6 is 11.8 Å². The molecule has 0 aromatic heterocycles. The number of hydrogen-bond acceptors (Lipinski definition) is 10. The molecule has 0 fully saturated rings. The smallest absolute Gasteiger partial charge is 0.406 e. The lowest BCUT2D eigenvalue weighted by molar-refractivity contribution is -0.152. The third-order valence-corrected chi connectivity index (χ3v) is 2.85. The second-order valence-electron chi connectivity index (χ2n) is 4.50. The van der Waals surface area contributed by atoms with Gasteiger partial charge < -0.3 is 36.1 Å². The molecule has 5 amide bonds. The zero-order valence-corrected chi connectivity index (χ0v) is 20.9. The van der Waals surface area contributed by atoms with Gasteiger partial charge in [0.1, 0.15) is 0 Å². The van der Waals surface area contributed by atoms with Gasteiger partial charge in [-0.25, -0.2) is 9.59 Å². The maximum absolute atomic E-state index is 10.2. The van der Waals surface area contributed by atoms with Crippen LogP contribution in [0.2, 0.25) is 0 Å². The van der Waals surface area contributed by atoms with Gasteiger partial charge in [0.05, 0.1) is 14.2 Å². The Hall–Kier alpha value is -3.36. The molecule has 14 nitrogen and oxygen atoms in total. The maximum atomic E-state index is 10.2. The number of likely N-dealkylation sites (N-methyl/N-ethyl adjacent to an activating group) is 2. The van der Waals surface area contributed by atoms with Crippen LogP contribution in [0.1, 0.15) is 13.8 Å². The molecule has 0 atom stereocenters. The molecule has 0 aliphatic rings. The highest BCUT2D eigenvalue weighted by Gasteiger charge is 2.08. The Morgan fingerprint density at radius 2 is 1.03 bits per heavy atom. The van der Waals surface area contributed by atoms with Crippen LogP contribution < -0.4 is 26.6 Å². The summed E-state index contributed by atoms with van der Waals surface area (Å²) in [6.45, 7) is 2.69. The molecule has 15 heteroatoms. The molecule has 0 saturated heterocycles. The van der Waals surface area contributed by atoms with Gasteiger partial charge in [0.25, 0.3) is 11.1 Å². The van der Waals surface area contributed by atoms with E-state index in [-0.39, 0.29) is 11.1 Å². The van der Waals surface area contributed by atoms with Crippen molar-refractivity contribution in [1.29, 1.82) is 0 Å². The fourth-order valence-electron chi connectivity index (χ4n) is 0.575. The zero-order valence-electron chi connectivity index (χ0n) is 20.1. The van der Waals surface area contributed by atoms with E-state index in [0.717, 1.165) is 7.11 Å². The highest BCUT2D eigenvalue weighted by Crippen LogP contribution is 1.88. The van der Waals surface area contributed by atoms with Crippen LogP contribution in [-0.4, -0.2) is 96.5 Å². The van der Waals surface area contributed by atoms with Crippen molar-refractivity contribution in [1.82, 2.24) is 26.6 Å². The van der Waals surface area contributed by atoms with Gasteiger partial charge in [0.15, 0.2) is 0 Å². The first kappa shape index (κ1) is 39.2. The summed E-state index contributed by atoms with van der Waals surface area (Å²) >= 11 is 1.17. The summed E-state index contributed by atoms with van der Waals surface area (Å²) in [5.74, 6) is -2.59. The Labute approximate surface area is 192 Å². The van der Waals surface area contributed by atoms with Gasteiger partial charge in [-0.1, -0.05) is 11.8 Å². The van der Waals surface area contributed by atoms with E-state index >= 15 is 0 Å². The predicted molar refractivity (Wildman–Crippen MR) is 120 cm³/mol. The lowest BCUT2D eigenvalue weighted by Gasteiger charge is -1.92. The van der Waals surface area contributed by atoms with Gasteiger partial charge in [0, 0.05) is 49.1 Å². The van der Waals surface area contributed by atoms with Crippen molar-refractivity contribution in [2.75, 3.05) is 55.7 Å². The van der Waals surface area contributed by atoms with E-state index in [1.54, 1.807) is 20.4 Å². The van der Waals surface area contributed by atoms with E-state index in [9.17, 15) is 33.6 Å². The van der Waals surface area contributed by atoms with Crippen molar-refractivity contribution < 1.29 is 43.0 Å². The largest absolute Gasteiger partial charge is 0.462 e. The summed E-state index contributed by atoms with van der Waals surface area (Å²) in [6.07, 6.45) is 1.33. The third-order valence-electron chi connectivity index (χ3n) is 2.28. The van der Waals surface area contributed by atoms with Crippen LogP contribution in [0.15, 0.2) is 0 Å². The van der Waals surface area contributed by atoms with Crippen molar-refractivity contribution in [3.63, 3.8) is 0 Å². The van der Waals surface area contributed by atoms with Crippen LogP contribution in [0.4, 0.5) is 9.59 Å². The average molecular weight is 486 g/mol. The molecule has 0 spiro atoms. The van der Waals surface area contributed by atoms with Crippen molar-refractivity contribution in [3.8, 4) is 0 Å². The molecule has 0 aromatic rings. The molecular formula is C17H35N5O9S. The molecule has 0 aliphatic carbocycles. The number of rotatable bonds is 1. The number of thioether (sulfide) groups is 1. The number of hydrogen-bond donors (Lipinski definition) is 5. The third kappa shape index (κ3) is 41.1. The van der Waals surface area contributed by atoms with Crippen molar-refractivity contribution in [3.05, 3.63) is 0 Å². The molecular weight excluding hydrogens is 450 g/mol. The van der Waals surface area contributed by atoms with E-state index in [1.807, 2.05) is 0 Å². The molecule has 0 aliphatic heterocycles. The van der Waals surface area contributed by atoms with Crippen LogP contribution in [0.3, 0.4) is 0 Å². The number of methoxy groups -OCH3 is 2. The van der Waals surface area contributed by atoms with Crippen molar-refractivity contribution >= 4 is 52.6 Å². The molecule has 0 aromatic carbocycles. The first-order valence-electron chi connectivity index (χ1n) is 8.52. The summed E-state index contributed by atoms with van der Waals surface area (Å²) in [4.78, 5) is 69.9. The van der Waals surface area contributed by atoms with Crippen LogP contribution in [0.5, 0.6) is 0 Å². The van der Waals surface area contributed by atoms with E-state index in [4.69, 9.17) is 0 Å². The minimum Gasteiger partial charge on any atom is -0.462 e.